The van der Waals surface area contributed by atoms with Crippen LogP contribution >= 0.6 is 0 Å². The lowest BCUT2D eigenvalue weighted by atomic mass is 10.2. The zero-order valence-corrected chi connectivity index (χ0v) is 11.2. The molecule has 0 radical (unpaired) electrons. The van der Waals surface area contributed by atoms with E-state index in [9.17, 15) is 0 Å². The predicted molar refractivity (Wildman–Crippen MR) is 73.8 cm³/mol. The highest BCUT2D eigenvalue weighted by Gasteiger charge is 1.97. The number of rotatable bonds is 9. The molecule has 0 unspecified atom stereocenters. The summed E-state index contributed by atoms with van der Waals surface area (Å²) < 4.78 is 10.3. The molecule has 1 rings (SSSR count). The first-order valence-electron chi connectivity index (χ1n) is 6.26. The Morgan fingerprint density at radius 1 is 1.28 bits per heavy atom. The molecule has 18 heavy (non-hydrogen) atoms. The second-order valence-corrected chi connectivity index (χ2v) is 4.17. The molecule has 0 aromatic carbocycles. The summed E-state index contributed by atoms with van der Waals surface area (Å²) in [5.41, 5.74) is 7.49. The zero-order chi connectivity index (χ0) is 13.2. The van der Waals surface area contributed by atoms with E-state index < -0.39 is 0 Å². The number of ether oxygens (including phenoxy) is 2. The number of nitrogens with one attached hydrogen (secondary N) is 1. The molecule has 0 aliphatic heterocycles. The Kier molecular flexibility index (Phi) is 7.13. The van der Waals surface area contributed by atoms with Gasteiger partial charge in [0.05, 0.1) is 25.1 Å². The summed E-state index contributed by atoms with van der Waals surface area (Å²) in [5.74, 6) is 0.877. The Balaban J connectivity index is 2.05. The number of unbranched alkanes of at least 4 members (excludes halogenated alkanes) is 1. The Bertz CT molecular complexity index is 345. The molecule has 1 heterocycles. The topological polar surface area (TPSA) is 69.4 Å². The third-order valence-electron chi connectivity index (χ3n) is 2.60. The smallest absolute Gasteiger partial charge is 0.126 e. The van der Waals surface area contributed by atoms with Gasteiger partial charge in [0.25, 0.3) is 0 Å². The molecule has 0 spiro atoms. The minimum absolute atomic E-state index is 0.660. The highest BCUT2D eigenvalue weighted by molar-refractivity contribution is 5.50. The van der Waals surface area contributed by atoms with E-state index in [4.69, 9.17) is 15.2 Å². The summed E-state index contributed by atoms with van der Waals surface area (Å²) in [7, 11) is 1.68. The van der Waals surface area contributed by atoms with Gasteiger partial charge in [0.15, 0.2) is 0 Å². The predicted octanol–water partition coefficient (Wildman–Crippen LogP) is 1.83. The van der Waals surface area contributed by atoms with Crippen LogP contribution in [0.25, 0.3) is 0 Å². The summed E-state index contributed by atoms with van der Waals surface area (Å²) in [4.78, 5) is 4.21. The van der Waals surface area contributed by atoms with Gasteiger partial charge in [-0.2, -0.15) is 0 Å². The first kappa shape index (κ1) is 14.7. The van der Waals surface area contributed by atoms with Crippen molar-refractivity contribution in [1.29, 1.82) is 0 Å². The number of anilines is 2. The van der Waals surface area contributed by atoms with Crippen molar-refractivity contribution in [1.82, 2.24) is 4.98 Å². The van der Waals surface area contributed by atoms with Crippen molar-refractivity contribution in [2.24, 2.45) is 0 Å². The molecule has 1 aromatic rings. The molecule has 3 N–H and O–H groups in total. The fourth-order valence-corrected chi connectivity index (χ4v) is 1.45. The van der Waals surface area contributed by atoms with Gasteiger partial charge in [0.2, 0.25) is 0 Å². The molecular formula is C13H23N3O2. The van der Waals surface area contributed by atoms with Crippen molar-refractivity contribution in [2.75, 3.05) is 44.5 Å². The van der Waals surface area contributed by atoms with Crippen LogP contribution in [-0.4, -0.2) is 38.5 Å². The Morgan fingerprint density at radius 3 is 2.83 bits per heavy atom. The largest absolute Gasteiger partial charge is 0.397 e. The molecule has 0 aliphatic carbocycles. The standard InChI is InChI=1S/C13H23N3O2/c1-11-9-13(16-10-12(11)14)15-5-3-4-6-18-8-7-17-2/h9-10H,3-8,14H2,1-2H3,(H,15,16). The molecule has 0 bridgehead atoms. The molecule has 5 nitrogen and oxygen atoms in total. The van der Waals surface area contributed by atoms with E-state index in [1.54, 1.807) is 13.3 Å². The van der Waals surface area contributed by atoms with Gasteiger partial charge < -0.3 is 20.5 Å². The maximum absolute atomic E-state index is 5.71. The van der Waals surface area contributed by atoms with Gasteiger partial charge in [-0.3, -0.25) is 0 Å². The lowest BCUT2D eigenvalue weighted by Gasteiger charge is -2.07. The Labute approximate surface area is 109 Å². The van der Waals surface area contributed by atoms with Crippen LogP contribution in [-0.2, 0) is 9.47 Å². The van der Waals surface area contributed by atoms with Gasteiger partial charge in [-0.25, -0.2) is 4.98 Å². The number of hydrogen-bond donors (Lipinski definition) is 2. The van der Waals surface area contributed by atoms with E-state index in [1.807, 2.05) is 13.0 Å². The average molecular weight is 253 g/mol. The van der Waals surface area contributed by atoms with Crippen molar-refractivity contribution in [3.63, 3.8) is 0 Å². The highest BCUT2D eigenvalue weighted by Crippen LogP contribution is 2.12. The molecule has 102 valence electrons. The van der Waals surface area contributed by atoms with Crippen molar-refractivity contribution in [3.05, 3.63) is 17.8 Å². The molecule has 0 aliphatic rings. The average Bonchev–Trinajstić information content (AvgIpc) is 2.37. The lowest BCUT2D eigenvalue weighted by Crippen LogP contribution is -2.07. The van der Waals surface area contributed by atoms with Crippen LogP contribution in [0.1, 0.15) is 18.4 Å². The molecule has 0 atom stereocenters. The van der Waals surface area contributed by atoms with Crippen LogP contribution < -0.4 is 11.1 Å². The number of aryl methyl sites for hydroxylation is 1. The normalized spacial score (nSPS) is 10.6. The molecule has 1 aromatic heterocycles. The molecule has 0 saturated carbocycles. The fourth-order valence-electron chi connectivity index (χ4n) is 1.45. The van der Waals surface area contributed by atoms with Crippen LogP contribution in [0.2, 0.25) is 0 Å². The number of nitrogens with zero attached hydrogens (tertiary/aromatic N) is 1. The van der Waals surface area contributed by atoms with Gasteiger partial charge in [-0.1, -0.05) is 0 Å². The number of aromatic nitrogens is 1. The summed E-state index contributed by atoms with van der Waals surface area (Å²) in [5, 5.41) is 3.27. The van der Waals surface area contributed by atoms with Crippen molar-refractivity contribution >= 4 is 11.5 Å². The monoisotopic (exact) mass is 253 g/mol. The van der Waals surface area contributed by atoms with E-state index in [0.717, 1.165) is 43.1 Å². The van der Waals surface area contributed by atoms with Gasteiger partial charge in [-0.05, 0) is 31.4 Å². The summed E-state index contributed by atoms with van der Waals surface area (Å²) >= 11 is 0. The number of methoxy groups -OCH3 is 1. The van der Waals surface area contributed by atoms with Crippen LogP contribution in [0.4, 0.5) is 11.5 Å². The van der Waals surface area contributed by atoms with Crippen molar-refractivity contribution in [3.8, 4) is 0 Å². The quantitative estimate of drug-likeness (QED) is 0.657. The third-order valence-corrected chi connectivity index (χ3v) is 2.60. The van der Waals surface area contributed by atoms with Crippen molar-refractivity contribution in [2.45, 2.75) is 19.8 Å². The summed E-state index contributed by atoms with van der Waals surface area (Å²) in [6.45, 7) is 4.98. The first-order valence-corrected chi connectivity index (χ1v) is 6.26. The van der Waals surface area contributed by atoms with E-state index in [-0.39, 0.29) is 0 Å². The molecule has 0 saturated heterocycles. The minimum atomic E-state index is 0.660. The summed E-state index contributed by atoms with van der Waals surface area (Å²) in [6, 6.07) is 1.96. The van der Waals surface area contributed by atoms with E-state index >= 15 is 0 Å². The highest BCUT2D eigenvalue weighted by atomic mass is 16.5. The lowest BCUT2D eigenvalue weighted by molar-refractivity contribution is 0.0691. The van der Waals surface area contributed by atoms with E-state index in [1.165, 1.54) is 0 Å². The van der Waals surface area contributed by atoms with Gasteiger partial charge in [0, 0.05) is 20.3 Å². The Morgan fingerprint density at radius 2 is 2.11 bits per heavy atom. The maximum atomic E-state index is 5.71. The number of hydrogen-bond acceptors (Lipinski definition) is 5. The number of nitrogen functional groups attached to an aromatic ring is 1. The van der Waals surface area contributed by atoms with Crippen molar-refractivity contribution < 1.29 is 9.47 Å². The SMILES string of the molecule is COCCOCCCCNc1cc(C)c(N)cn1. The molecule has 0 fully saturated rings. The number of pyridine rings is 1. The molecule has 5 heteroatoms. The van der Waals surface area contributed by atoms with E-state index in [0.29, 0.717) is 13.2 Å². The van der Waals surface area contributed by atoms with Crippen LogP contribution in [0.15, 0.2) is 12.3 Å². The summed E-state index contributed by atoms with van der Waals surface area (Å²) in [6.07, 6.45) is 3.77. The van der Waals surface area contributed by atoms with Gasteiger partial charge >= 0.3 is 0 Å². The van der Waals surface area contributed by atoms with Crippen LogP contribution in [0.3, 0.4) is 0 Å². The van der Waals surface area contributed by atoms with Gasteiger partial charge in [0.1, 0.15) is 5.82 Å². The first-order chi connectivity index (χ1) is 8.74. The third kappa shape index (κ3) is 5.84. The fraction of sp³-hybridized carbons (Fsp3) is 0.615. The molecular weight excluding hydrogens is 230 g/mol. The van der Waals surface area contributed by atoms with Crippen LogP contribution in [0, 0.1) is 6.92 Å². The number of nitrogens with two attached hydrogens (primary N) is 1. The van der Waals surface area contributed by atoms with Gasteiger partial charge in [-0.15, -0.1) is 0 Å². The zero-order valence-electron chi connectivity index (χ0n) is 11.2. The van der Waals surface area contributed by atoms with Crippen LogP contribution in [0.5, 0.6) is 0 Å². The Hall–Kier alpha value is -1.33. The minimum Gasteiger partial charge on any atom is -0.397 e. The second kappa shape index (κ2) is 8.72. The second-order valence-electron chi connectivity index (χ2n) is 4.17. The maximum Gasteiger partial charge on any atom is 0.126 e. The van der Waals surface area contributed by atoms with E-state index in [2.05, 4.69) is 10.3 Å². The molecule has 0 amide bonds.